The van der Waals surface area contributed by atoms with Gasteiger partial charge in [-0.05, 0) is 56.0 Å². The molecule has 0 spiro atoms. The second kappa shape index (κ2) is 7.24. The van der Waals surface area contributed by atoms with Crippen LogP contribution >= 0.6 is 0 Å². The molecule has 2 rings (SSSR count). The summed E-state index contributed by atoms with van der Waals surface area (Å²) in [6.07, 6.45) is 3.43. The maximum absolute atomic E-state index is 11.9. The molecule has 0 saturated carbocycles. The first-order chi connectivity index (χ1) is 10.1. The predicted octanol–water partition coefficient (Wildman–Crippen LogP) is 1.55. The number of hydrogen-bond donors (Lipinski definition) is 2. The smallest absolute Gasteiger partial charge is 0.240 e. The van der Waals surface area contributed by atoms with Crippen molar-refractivity contribution in [1.82, 2.24) is 4.72 Å². The van der Waals surface area contributed by atoms with E-state index < -0.39 is 10.0 Å². The zero-order valence-corrected chi connectivity index (χ0v) is 13.4. The van der Waals surface area contributed by atoms with E-state index >= 15 is 0 Å². The van der Waals surface area contributed by atoms with Gasteiger partial charge in [-0.25, -0.2) is 13.1 Å². The number of nitrogens with zero attached hydrogens (tertiary/aromatic N) is 1. The Hall–Kier alpha value is -1.11. The highest BCUT2D eigenvalue weighted by Gasteiger charge is 2.19. The summed E-state index contributed by atoms with van der Waals surface area (Å²) < 4.78 is 26.3. The minimum atomic E-state index is -3.36. The number of rotatable bonds is 6. The monoisotopic (exact) mass is 311 g/mol. The van der Waals surface area contributed by atoms with E-state index in [1.165, 1.54) is 0 Å². The van der Waals surface area contributed by atoms with Crippen molar-refractivity contribution >= 4 is 15.7 Å². The summed E-state index contributed by atoms with van der Waals surface area (Å²) >= 11 is 0. The predicted molar refractivity (Wildman–Crippen MR) is 85.9 cm³/mol. The molecule has 0 aromatic heterocycles. The molecule has 1 heterocycles. The van der Waals surface area contributed by atoms with E-state index in [0.29, 0.717) is 11.4 Å². The van der Waals surface area contributed by atoms with E-state index in [4.69, 9.17) is 5.73 Å². The van der Waals surface area contributed by atoms with E-state index in [2.05, 4.69) is 9.62 Å². The standard InChI is InChI=1S/C15H25N3O2S/c1-2-17-21(19,20)15-5-3-14(4-6-15)18-11-8-13(7-10-16)9-12-18/h3-6,13,17H,2,7-12,16H2,1H3. The summed E-state index contributed by atoms with van der Waals surface area (Å²) in [6.45, 7) is 4.98. The largest absolute Gasteiger partial charge is 0.372 e. The first-order valence-corrected chi connectivity index (χ1v) is 9.10. The van der Waals surface area contributed by atoms with Crippen LogP contribution in [0.2, 0.25) is 0 Å². The van der Waals surface area contributed by atoms with Crippen molar-refractivity contribution in [3.05, 3.63) is 24.3 Å². The topological polar surface area (TPSA) is 75.4 Å². The van der Waals surface area contributed by atoms with Crippen LogP contribution in [0.5, 0.6) is 0 Å². The van der Waals surface area contributed by atoms with Crippen molar-refractivity contribution in [2.75, 3.05) is 31.1 Å². The van der Waals surface area contributed by atoms with Gasteiger partial charge in [0.25, 0.3) is 0 Å². The van der Waals surface area contributed by atoms with Crippen molar-refractivity contribution in [1.29, 1.82) is 0 Å². The SMILES string of the molecule is CCNS(=O)(=O)c1ccc(N2CCC(CCN)CC2)cc1. The third kappa shape index (κ3) is 4.18. The number of sulfonamides is 1. The molecule has 1 saturated heterocycles. The fourth-order valence-corrected chi connectivity index (χ4v) is 3.87. The van der Waals surface area contributed by atoms with Crippen LogP contribution in [0, 0.1) is 5.92 Å². The molecule has 0 unspecified atom stereocenters. The lowest BCUT2D eigenvalue weighted by molar-refractivity contribution is 0.386. The van der Waals surface area contributed by atoms with Gasteiger partial charge in [-0.2, -0.15) is 0 Å². The highest BCUT2D eigenvalue weighted by Crippen LogP contribution is 2.25. The Labute approximate surface area is 127 Å². The molecule has 1 aliphatic heterocycles. The molecular formula is C15H25N3O2S. The zero-order valence-electron chi connectivity index (χ0n) is 12.6. The van der Waals surface area contributed by atoms with Gasteiger partial charge >= 0.3 is 0 Å². The number of piperidine rings is 1. The molecule has 0 aliphatic carbocycles. The number of anilines is 1. The van der Waals surface area contributed by atoms with Gasteiger partial charge in [0.05, 0.1) is 4.90 Å². The Morgan fingerprint density at radius 3 is 2.38 bits per heavy atom. The molecule has 6 heteroatoms. The summed E-state index contributed by atoms with van der Waals surface area (Å²) in [5.41, 5.74) is 6.70. The molecule has 21 heavy (non-hydrogen) atoms. The summed E-state index contributed by atoms with van der Waals surface area (Å²) in [5, 5.41) is 0. The molecule has 1 aromatic carbocycles. The maximum atomic E-state index is 11.9. The van der Waals surface area contributed by atoms with Crippen molar-refractivity contribution in [3.8, 4) is 0 Å². The van der Waals surface area contributed by atoms with Crippen LogP contribution in [0.1, 0.15) is 26.2 Å². The Morgan fingerprint density at radius 1 is 1.24 bits per heavy atom. The first-order valence-electron chi connectivity index (χ1n) is 7.61. The van der Waals surface area contributed by atoms with Gasteiger partial charge in [0.1, 0.15) is 0 Å². The molecule has 0 radical (unpaired) electrons. The fourth-order valence-electron chi connectivity index (χ4n) is 2.83. The molecule has 0 amide bonds. The highest BCUT2D eigenvalue weighted by atomic mass is 32.2. The second-order valence-corrected chi connectivity index (χ2v) is 7.27. The summed E-state index contributed by atoms with van der Waals surface area (Å²) in [5.74, 6) is 0.736. The average molecular weight is 311 g/mol. The third-order valence-electron chi connectivity index (χ3n) is 4.04. The van der Waals surface area contributed by atoms with E-state index in [9.17, 15) is 8.42 Å². The number of nitrogens with two attached hydrogens (primary N) is 1. The van der Waals surface area contributed by atoms with Crippen LogP contribution in [0.3, 0.4) is 0 Å². The van der Waals surface area contributed by atoms with Gasteiger partial charge < -0.3 is 10.6 Å². The maximum Gasteiger partial charge on any atom is 0.240 e. The van der Waals surface area contributed by atoms with Crippen LogP contribution in [-0.4, -0.2) is 34.6 Å². The summed E-state index contributed by atoms with van der Waals surface area (Å²) in [4.78, 5) is 2.64. The molecule has 5 nitrogen and oxygen atoms in total. The molecule has 3 N–H and O–H groups in total. The van der Waals surface area contributed by atoms with Crippen LogP contribution in [0.4, 0.5) is 5.69 Å². The molecule has 1 aromatic rings. The van der Waals surface area contributed by atoms with E-state index in [1.807, 2.05) is 12.1 Å². The van der Waals surface area contributed by atoms with E-state index in [0.717, 1.165) is 50.5 Å². The van der Waals surface area contributed by atoms with E-state index in [-0.39, 0.29) is 0 Å². The fraction of sp³-hybridized carbons (Fsp3) is 0.600. The van der Waals surface area contributed by atoms with Gasteiger partial charge in [0, 0.05) is 25.3 Å². The lowest BCUT2D eigenvalue weighted by Crippen LogP contribution is -2.34. The number of nitrogens with one attached hydrogen (secondary N) is 1. The van der Waals surface area contributed by atoms with Gasteiger partial charge in [0.15, 0.2) is 0 Å². The Morgan fingerprint density at radius 2 is 1.86 bits per heavy atom. The van der Waals surface area contributed by atoms with Crippen LogP contribution in [0.25, 0.3) is 0 Å². The van der Waals surface area contributed by atoms with Crippen LogP contribution in [-0.2, 0) is 10.0 Å². The molecule has 1 fully saturated rings. The van der Waals surface area contributed by atoms with Gasteiger partial charge in [-0.1, -0.05) is 6.92 Å². The second-order valence-electron chi connectivity index (χ2n) is 5.50. The summed E-state index contributed by atoms with van der Waals surface area (Å²) in [7, 11) is -3.36. The molecular weight excluding hydrogens is 286 g/mol. The molecule has 118 valence electrons. The quantitative estimate of drug-likeness (QED) is 0.836. The lowest BCUT2D eigenvalue weighted by atomic mass is 9.93. The van der Waals surface area contributed by atoms with Crippen LogP contribution < -0.4 is 15.4 Å². The third-order valence-corrected chi connectivity index (χ3v) is 5.60. The number of hydrogen-bond acceptors (Lipinski definition) is 4. The van der Waals surface area contributed by atoms with Gasteiger partial charge in [0.2, 0.25) is 10.0 Å². The van der Waals surface area contributed by atoms with Crippen molar-refractivity contribution in [2.45, 2.75) is 31.1 Å². The average Bonchev–Trinajstić information content (AvgIpc) is 2.48. The number of benzene rings is 1. The zero-order chi connectivity index (χ0) is 15.3. The van der Waals surface area contributed by atoms with E-state index in [1.54, 1.807) is 19.1 Å². The van der Waals surface area contributed by atoms with Gasteiger partial charge in [-0.3, -0.25) is 0 Å². The van der Waals surface area contributed by atoms with Crippen molar-refractivity contribution < 1.29 is 8.42 Å². The Kier molecular flexibility index (Phi) is 5.61. The Bertz CT molecular complexity index is 535. The summed E-state index contributed by atoms with van der Waals surface area (Å²) in [6, 6.07) is 7.15. The van der Waals surface area contributed by atoms with Crippen LogP contribution in [0.15, 0.2) is 29.2 Å². The van der Waals surface area contributed by atoms with Crippen molar-refractivity contribution in [2.24, 2.45) is 11.7 Å². The Balaban J connectivity index is 2.00. The molecule has 1 aliphatic rings. The highest BCUT2D eigenvalue weighted by molar-refractivity contribution is 7.89. The van der Waals surface area contributed by atoms with Gasteiger partial charge in [-0.15, -0.1) is 0 Å². The molecule has 0 bridgehead atoms. The first kappa shape index (κ1) is 16.3. The lowest BCUT2D eigenvalue weighted by Gasteiger charge is -2.33. The van der Waals surface area contributed by atoms with Crippen molar-refractivity contribution in [3.63, 3.8) is 0 Å². The minimum absolute atomic E-state index is 0.325. The molecule has 0 atom stereocenters. The minimum Gasteiger partial charge on any atom is -0.372 e. The normalized spacial score (nSPS) is 17.1.